The minimum atomic E-state index is -0.0446. The maximum absolute atomic E-state index is 9.16. The molecule has 0 aliphatic heterocycles. The molecule has 0 amide bonds. The van der Waals surface area contributed by atoms with E-state index in [0.29, 0.717) is 0 Å². The number of unbranched alkanes of at least 4 members (excludes halogenated alkanes) is 3. The Balaban J connectivity index is -0.000000405. The summed E-state index contributed by atoms with van der Waals surface area (Å²) >= 11 is 0. The fraction of sp³-hybridized carbons (Fsp3) is 1.00. The molecular formula is C9H21NaO. The summed E-state index contributed by atoms with van der Waals surface area (Å²) in [6.45, 7) is 4.24. The Hall–Kier alpha value is 0.960. The average molecular weight is 168 g/mol. The van der Waals surface area contributed by atoms with Crippen molar-refractivity contribution in [3.05, 3.63) is 0 Å². The molecule has 11 heavy (non-hydrogen) atoms. The summed E-state index contributed by atoms with van der Waals surface area (Å²) < 4.78 is 0. The summed E-state index contributed by atoms with van der Waals surface area (Å²) in [6.07, 6.45) is 6.94. The van der Waals surface area contributed by atoms with E-state index in [1.165, 1.54) is 25.7 Å². The molecular weight excluding hydrogens is 147 g/mol. The predicted octanol–water partition coefficient (Wildman–Crippen LogP) is -0.156. The van der Waals surface area contributed by atoms with Gasteiger partial charge in [0.15, 0.2) is 0 Å². The summed E-state index contributed by atoms with van der Waals surface area (Å²) in [5, 5.41) is 9.16. The molecule has 0 spiro atoms. The van der Waals surface area contributed by atoms with Crippen LogP contribution in [0.1, 0.15) is 53.8 Å². The fourth-order valence-electron chi connectivity index (χ4n) is 1.01. The third-order valence-electron chi connectivity index (χ3n) is 1.86. The molecule has 0 aliphatic carbocycles. The average Bonchev–Trinajstić information content (AvgIpc) is 1.98. The smallest absolute Gasteiger partial charge is 1.00 e. The SMILES string of the molecule is CCCCCCC(O)CC.[H-].[Na+]. The van der Waals surface area contributed by atoms with Crippen LogP contribution >= 0.6 is 0 Å². The molecule has 2 heteroatoms. The summed E-state index contributed by atoms with van der Waals surface area (Å²) in [5.74, 6) is 0. The second kappa shape index (κ2) is 11.0. The van der Waals surface area contributed by atoms with Crippen molar-refractivity contribution < 1.29 is 36.1 Å². The van der Waals surface area contributed by atoms with Gasteiger partial charge < -0.3 is 6.53 Å². The molecule has 0 rings (SSSR count). The number of aliphatic hydroxyl groups excluding tert-OH is 1. The molecule has 0 saturated heterocycles. The minimum absolute atomic E-state index is 0. The molecule has 0 heterocycles. The zero-order chi connectivity index (χ0) is 7.82. The molecule has 1 nitrogen and oxygen atoms in total. The van der Waals surface area contributed by atoms with Gasteiger partial charge in [-0.1, -0.05) is 39.5 Å². The Morgan fingerprint density at radius 3 is 2.27 bits per heavy atom. The van der Waals surface area contributed by atoms with Crippen LogP contribution in [-0.4, -0.2) is 11.2 Å². The monoisotopic (exact) mass is 168 g/mol. The van der Waals surface area contributed by atoms with E-state index in [1.54, 1.807) is 0 Å². The maximum Gasteiger partial charge on any atom is 1.00 e. The summed E-state index contributed by atoms with van der Waals surface area (Å²) in [7, 11) is 0. The van der Waals surface area contributed by atoms with Crippen molar-refractivity contribution in [3.63, 3.8) is 0 Å². The van der Waals surface area contributed by atoms with Crippen LogP contribution in [0.25, 0.3) is 0 Å². The third-order valence-corrected chi connectivity index (χ3v) is 1.86. The summed E-state index contributed by atoms with van der Waals surface area (Å²) in [4.78, 5) is 0. The number of hydrogen-bond acceptors (Lipinski definition) is 1. The zero-order valence-electron chi connectivity index (χ0n) is 9.27. The van der Waals surface area contributed by atoms with Gasteiger partial charge in [-0.2, -0.15) is 0 Å². The van der Waals surface area contributed by atoms with E-state index in [9.17, 15) is 0 Å². The van der Waals surface area contributed by atoms with E-state index in [2.05, 4.69) is 6.92 Å². The summed E-state index contributed by atoms with van der Waals surface area (Å²) in [5.41, 5.74) is 0. The predicted molar refractivity (Wildman–Crippen MR) is 46.2 cm³/mol. The van der Waals surface area contributed by atoms with Crippen LogP contribution in [0.15, 0.2) is 0 Å². The van der Waals surface area contributed by atoms with Gasteiger partial charge in [-0.25, -0.2) is 0 Å². The Bertz CT molecular complexity index is 71.5. The van der Waals surface area contributed by atoms with Gasteiger partial charge >= 0.3 is 29.6 Å². The molecule has 0 fully saturated rings. The first-order chi connectivity index (χ1) is 4.81. The van der Waals surface area contributed by atoms with Crippen LogP contribution in [0.2, 0.25) is 0 Å². The first-order valence-corrected chi connectivity index (χ1v) is 4.49. The molecule has 0 radical (unpaired) electrons. The quantitative estimate of drug-likeness (QED) is 0.432. The third kappa shape index (κ3) is 11.0. The van der Waals surface area contributed by atoms with Crippen LogP contribution in [0.3, 0.4) is 0 Å². The fourth-order valence-corrected chi connectivity index (χ4v) is 1.01. The van der Waals surface area contributed by atoms with Gasteiger partial charge in [-0.15, -0.1) is 0 Å². The summed E-state index contributed by atoms with van der Waals surface area (Å²) in [6, 6.07) is 0. The normalized spacial score (nSPS) is 12.3. The van der Waals surface area contributed by atoms with Crippen LogP contribution in [0, 0.1) is 0 Å². The van der Waals surface area contributed by atoms with E-state index in [4.69, 9.17) is 5.11 Å². The van der Waals surface area contributed by atoms with Crippen molar-refractivity contribution in [1.82, 2.24) is 0 Å². The second-order valence-electron chi connectivity index (χ2n) is 2.91. The van der Waals surface area contributed by atoms with Gasteiger partial charge in [-0.05, 0) is 12.8 Å². The van der Waals surface area contributed by atoms with Crippen LogP contribution in [0.5, 0.6) is 0 Å². The molecule has 0 aromatic heterocycles. The second-order valence-corrected chi connectivity index (χ2v) is 2.91. The molecule has 0 bridgehead atoms. The largest absolute Gasteiger partial charge is 1.00 e. The molecule has 1 atom stereocenters. The topological polar surface area (TPSA) is 20.2 Å². The molecule has 64 valence electrons. The van der Waals surface area contributed by atoms with Gasteiger partial charge in [0.1, 0.15) is 0 Å². The Kier molecular flexibility index (Phi) is 14.4. The van der Waals surface area contributed by atoms with Crippen molar-refractivity contribution >= 4 is 0 Å². The minimum Gasteiger partial charge on any atom is -1.00 e. The van der Waals surface area contributed by atoms with Crippen LogP contribution in [-0.2, 0) is 0 Å². The van der Waals surface area contributed by atoms with E-state index in [0.717, 1.165) is 12.8 Å². The van der Waals surface area contributed by atoms with Crippen LogP contribution < -0.4 is 29.6 Å². The van der Waals surface area contributed by atoms with Gasteiger partial charge in [0.05, 0.1) is 6.10 Å². The van der Waals surface area contributed by atoms with E-state index in [1.807, 2.05) is 6.92 Å². The van der Waals surface area contributed by atoms with Crippen molar-refractivity contribution in [2.45, 2.75) is 58.5 Å². The number of rotatable bonds is 6. The van der Waals surface area contributed by atoms with Crippen molar-refractivity contribution in [2.75, 3.05) is 0 Å². The maximum atomic E-state index is 9.16. The van der Waals surface area contributed by atoms with Crippen molar-refractivity contribution in [2.24, 2.45) is 0 Å². The Morgan fingerprint density at radius 2 is 1.82 bits per heavy atom. The number of hydrogen-bond donors (Lipinski definition) is 1. The van der Waals surface area contributed by atoms with Gasteiger partial charge in [0, 0.05) is 0 Å². The van der Waals surface area contributed by atoms with E-state index < -0.39 is 0 Å². The standard InChI is InChI=1S/C9H20O.Na.H/c1-3-5-6-7-8-9(10)4-2;;/h9-10H,3-8H2,1-2H3;;/q;+1;-1. The molecule has 1 unspecified atom stereocenters. The van der Waals surface area contributed by atoms with Crippen molar-refractivity contribution in [3.8, 4) is 0 Å². The van der Waals surface area contributed by atoms with E-state index >= 15 is 0 Å². The Labute approximate surface area is 94.4 Å². The van der Waals surface area contributed by atoms with Crippen molar-refractivity contribution in [1.29, 1.82) is 0 Å². The first-order valence-electron chi connectivity index (χ1n) is 4.49. The first kappa shape index (κ1) is 14.5. The van der Waals surface area contributed by atoms with Crippen LogP contribution in [0.4, 0.5) is 0 Å². The van der Waals surface area contributed by atoms with Gasteiger partial charge in [0.25, 0.3) is 0 Å². The zero-order valence-corrected chi connectivity index (χ0v) is 10.3. The molecule has 0 saturated carbocycles. The molecule has 1 N–H and O–H groups in total. The Morgan fingerprint density at radius 1 is 1.18 bits per heavy atom. The molecule has 0 aromatic rings. The number of aliphatic hydroxyl groups is 1. The molecule has 0 aliphatic rings. The van der Waals surface area contributed by atoms with Gasteiger partial charge in [-0.3, -0.25) is 0 Å². The van der Waals surface area contributed by atoms with E-state index in [-0.39, 0.29) is 37.1 Å². The molecule has 0 aromatic carbocycles. The van der Waals surface area contributed by atoms with Gasteiger partial charge in [0.2, 0.25) is 0 Å².